The first-order valence-corrected chi connectivity index (χ1v) is 6.60. The van der Waals surface area contributed by atoms with E-state index in [-0.39, 0.29) is 5.76 Å². The van der Waals surface area contributed by atoms with E-state index in [1.54, 1.807) is 0 Å². The van der Waals surface area contributed by atoms with Crippen LogP contribution in [0.15, 0.2) is 45.9 Å². The Kier molecular flexibility index (Phi) is 3.36. The highest BCUT2D eigenvalue weighted by atomic mass is 32.2. The third-order valence-corrected chi connectivity index (χ3v) is 2.97. The van der Waals surface area contributed by atoms with Crippen LogP contribution < -0.4 is 10.5 Å². The highest BCUT2D eigenvalue weighted by molar-refractivity contribution is 7.89. The summed E-state index contributed by atoms with van der Waals surface area (Å²) in [4.78, 5) is 11.7. The number of primary sulfonamides is 1. The second-order valence-electron chi connectivity index (χ2n) is 3.62. The molecule has 1 amide bonds. The Morgan fingerprint density at radius 1 is 1.16 bits per heavy atom. The van der Waals surface area contributed by atoms with Gasteiger partial charge in [-0.05, 0) is 36.4 Å². The smallest absolute Gasteiger partial charge is 0.291 e. The summed E-state index contributed by atoms with van der Waals surface area (Å²) in [6.07, 6.45) is 0. The number of nitrogens with two attached hydrogens (primary N) is 1. The number of carbonyl (C=O) groups excluding carboxylic acids is 1. The van der Waals surface area contributed by atoms with E-state index in [0.29, 0.717) is 5.69 Å². The van der Waals surface area contributed by atoms with Crippen molar-refractivity contribution < 1.29 is 22.0 Å². The van der Waals surface area contributed by atoms with Crippen LogP contribution in [0.2, 0.25) is 0 Å². The van der Waals surface area contributed by atoms with Crippen LogP contribution in [0, 0.1) is 5.82 Å². The van der Waals surface area contributed by atoms with Gasteiger partial charge in [0, 0.05) is 5.69 Å². The van der Waals surface area contributed by atoms with Gasteiger partial charge in [-0.2, -0.15) is 0 Å². The molecule has 2 rings (SSSR count). The monoisotopic (exact) mass is 284 g/mol. The average Bonchev–Trinajstić information content (AvgIpc) is 2.81. The summed E-state index contributed by atoms with van der Waals surface area (Å²) in [5.41, 5.74) is 0.347. The summed E-state index contributed by atoms with van der Waals surface area (Å²) < 4.78 is 39.4. The van der Waals surface area contributed by atoms with Crippen LogP contribution in [0.5, 0.6) is 0 Å². The predicted molar refractivity (Wildman–Crippen MR) is 64.4 cm³/mol. The quantitative estimate of drug-likeness (QED) is 0.887. The van der Waals surface area contributed by atoms with Crippen molar-refractivity contribution in [2.45, 2.75) is 5.09 Å². The van der Waals surface area contributed by atoms with Crippen molar-refractivity contribution in [3.05, 3.63) is 48.0 Å². The topological polar surface area (TPSA) is 102 Å². The summed E-state index contributed by atoms with van der Waals surface area (Å²) in [7, 11) is -3.99. The summed E-state index contributed by atoms with van der Waals surface area (Å²) in [6, 6.07) is 7.32. The van der Waals surface area contributed by atoms with Crippen molar-refractivity contribution >= 4 is 21.6 Å². The van der Waals surface area contributed by atoms with Crippen LogP contribution in [0.1, 0.15) is 10.6 Å². The van der Waals surface area contributed by atoms with Crippen molar-refractivity contribution in [3.63, 3.8) is 0 Å². The van der Waals surface area contributed by atoms with E-state index in [1.165, 1.54) is 30.3 Å². The first-order valence-electron chi connectivity index (χ1n) is 5.06. The van der Waals surface area contributed by atoms with Crippen molar-refractivity contribution in [1.29, 1.82) is 0 Å². The molecule has 1 heterocycles. The second-order valence-corrected chi connectivity index (χ2v) is 5.12. The number of halogens is 1. The van der Waals surface area contributed by atoms with E-state index in [4.69, 9.17) is 9.56 Å². The molecule has 0 saturated heterocycles. The molecule has 6 nitrogen and oxygen atoms in total. The lowest BCUT2D eigenvalue weighted by molar-refractivity contribution is 0.0991. The molecule has 0 bridgehead atoms. The predicted octanol–water partition coefficient (Wildman–Crippen LogP) is 1.32. The highest BCUT2D eigenvalue weighted by Crippen LogP contribution is 2.15. The van der Waals surface area contributed by atoms with Gasteiger partial charge >= 0.3 is 0 Å². The summed E-state index contributed by atoms with van der Waals surface area (Å²) >= 11 is 0. The zero-order valence-corrected chi connectivity index (χ0v) is 10.3. The number of sulfonamides is 1. The van der Waals surface area contributed by atoms with E-state index in [1.807, 2.05) is 0 Å². The van der Waals surface area contributed by atoms with Crippen LogP contribution in [0.25, 0.3) is 0 Å². The Bertz CT molecular complexity index is 707. The standard InChI is InChI=1S/C11H9FN2O4S/c12-7-1-3-8(4-2-7)14-11(15)9-5-6-10(18-9)19(13,16)17/h1-6H,(H,14,15)(H2,13,16,17). The number of anilines is 1. The molecule has 0 unspecified atom stereocenters. The number of carbonyl (C=O) groups is 1. The molecule has 0 fully saturated rings. The maximum absolute atomic E-state index is 12.7. The van der Waals surface area contributed by atoms with Crippen LogP contribution in [0.3, 0.4) is 0 Å². The number of nitrogens with one attached hydrogen (secondary N) is 1. The summed E-state index contributed by atoms with van der Waals surface area (Å²) in [5, 5.41) is 6.76. The normalized spacial score (nSPS) is 11.3. The van der Waals surface area contributed by atoms with E-state index in [2.05, 4.69) is 5.32 Å². The fourth-order valence-electron chi connectivity index (χ4n) is 1.32. The molecule has 1 aromatic heterocycles. The number of hydrogen-bond donors (Lipinski definition) is 2. The molecule has 3 N–H and O–H groups in total. The van der Waals surface area contributed by atoms with Gasteiger partial charge in [0.2, 0.25) is 5.09 Å². The van der Waals surface area contributed by atoms with Gasteiger partial charge in [-0.1, -0.05) is 0 Å². The Hall–Kier alpha value is -2.19. The highest BCUT2D eigenvalue weighted by Gasteiger charge is 2.17. The number of furan rings is 1. The number of rotatable bonds is 3. The minimum atomic E-state index is -3.99. The molecule has 19 heavy (non-hydrogen) atoms. The lowest BCUT2D eigenvalue weighted by Crippen LogP contribution is -2.12. The molecule has 2 aromatic rings. The summed E-state index contributed by atoms with van der Waals surface area (Å²) in [5.74, 6) is -1.32. The fourth-order valence-corrected chi connectivity index (χ4v) is 1.78. The zero-order chi connectivity index (χ0) is 14.0. The van der Waals surface area contributed by atoms with Crippen LogP contribution in [-0.2, 0) is 10.0 Å². The molecule has 0 atom stereocenters. The van der Waals surface area contributed by atoms with Crippen LogP contribution in [-0.4, -0.2) is 14.3 Å². The summed E-state index contributed by atoms with van der Waals surface area (Å²) in [6.45, 7) is 0. The van der Waals surface area contributed by atoms with Crippen molar-refractivity contribution in [2.24, 2.45) is 5.14 Å². The molecule has 0 aliphatic carbocycles. The molecule has 0 radical (unpaired) electrons. The maximum Gasteiger partial charge on any atom is 0.291 e. The van der Waals surface area contributed by atoms with Gasteiger partial charge in [0.05, 0.1) is 0 Å². The molecular formula is C11H9FN2O4S. The van der Waals surface area contributed by atoms with Gasteiger partial charge in [-0.3, -0.25) is 4.79 Å². The first-order chi connectivity index (χ1) is 8.86. The molecule has 0 saturated carbocycles. The van der Waals surface area contributed by atoms with Gasteiger partial charge in [0.15, 0.2) is 5.76 Å². The van der Waals surface area contributed by atoms with Crippen LogP contribution >= 0.6 is 0 Å². The Balaban J connectivity index is 2.16. The van der Waals surface area contributed by atoms with Gasteiger partial charge in [0.1, 0.15) is 5.82 Å². The molecule has 0 aliphatic heterocycles. The van der Waals surface area contributed by atoms with E-state index in [9.17, 15) is 17.6 Å². The molecular weight excluding hydrogens is 275 g/mol. The molecule has 0 aliphatic rings. The number of amides is 1. The Labute approximate surface area is 108 Å². The maximum atomic E-state index is 12.7. The van der Waals surface area contributed by atoms with Crippen LogP contribution in [0.4, 0.5) is 10.1 Å². The SMILES string of the molecule is NS(=O)(=O)c1ccc(C(=O)Nc2ccc(F)cc2)o1. The average molecular weight is 284 g/mol. The Morgan fingerprint density at radius 2 is 1.79 bits per heavy atom. The minimum absolute atomic E-state index is 0.214. The molecule has 100 valence electrons. The first kappa shape index (κ1) is 13.2. The van der Waals surface area contributed by atoms with Gasteiger partial charge in [-0.25, -0.2) is 17.9 Å². The van der Waals surface area contributed by atoms with E-state index in [0.717, 1.165) is 6.07 Å². The van der Waals surface area contributed by atoms with Crippen molar-refractivity contribution in [1.82, 2.24) is 0 Å². The van der Waals surface area contributed by atoms with Gasteiger partial charge in [0.25, 0.3) is 15.9 Å². The van der Waals surface area contributed by atoms with Gasteiger partial charge < -0.3 is 9.73 Å². The number of hydrogen-bond acceptors (Lipinski definition) is 4. The fraction of sp³-hybridized carbons (Fsp3) is 0. The lowest BCUT2D eigenvalue weighted by atomic mass is 10.3. The molecule has 0 spiro atoms. The lowest BCUT2D eigenvalue weighted by Gasteiger charge is -2.02. The van der Waals surface area contributed by atoms with Crippen molar-refractivity contribution in [2.75, 3.05) is 5.32 Å². The molecule has 8 heteroatoms. The zero-order valence-electron chi connectivity index (χ0n) is 9.46. The second kappa shape index (κ2) is 4.82. The largest absolute Gasteiger partial charge is 0.438 e. The molecule has 1 aromatic carbocycles. The third kappa shape index (κ3) is 3.18. The van der Waals surface area contributed by atoms with E-state index < -0.39 is 26.8 Å². The number of benzene rings is 1. The third-order valence-electron chi connectivity index (χ3n) is 2.19. The Morgan fingerprint density at radius 3 is 2.32 bits per heavy atom. The van der Waals surface area contributed by atoms with Gasteiger partial charge in [-0.15, -0.1) is 0 Å². The minimum Gasteiger partial charge on any atom is -0.438 e. The van der Waals surface area contributed by atoms with E-state index >= 15 is 0 Å². The van der Waals surface area contributed by atoms with Crippen molar-refractivity contribution in [3.8, 4) is 0 Å².